The second kappa shape index (κ2) is 15.2. The van der Waals surface area contributed by atoms with Crippen LogP contribution in [0, 0.1) is 0 Å². The maximum absolute atomic E-state index is 11.9. The van der Waals surface area contributed by atoms with Crippen molar-refractivity contribution in [2.75, 3.05) is 6.61 Å². The number of aliphatic hydroxyl groups is 4. The fourth-order valence-corrected chi connectivity index (χ4v) is 3.46. The second-order valence-electron chi connectivity index (χ2n) is 7.83. The Hall–Kier alpha value is -0.730. The number of carbonyl (C=O) groups is 1. The number of ether oxygens (including phenoxy) is 2. The van der Waals surface area contributed by atoms with Crippen LogP contribution < -0.4 is 0 Å². The standard InChI is InChI=1S/C21H40O7/c1-2-3-4-5-6-7-8-9-10-11-12-13-14-17(23)28-21-20(26)19(25)18(24)16(15-22)27-21/h16,18-22,24-26H,2-15H2,1H3/t16-,18-,19+,20-,21+/m1/s1. The van der Waals surface area contributed by atoms with Crippen LogP contribution in [-0.4, -0.2) is 63.7 Å². The van der Waals surface area contributed by atoms with Crippen LogP contribution in [-0.2, 0) is 14.3 Å². The number of hydrogen-bond acceptors (Lipinski definition) is 7. The van der Waals surface area contributed by atoms with E-state index in [0.29, 0.717) is 6.42 Å². The largest absolute Gasteiger partial charge is 0.433 e. The first kappa shape index (κ1) is 25.3. The summed E-state index contributed by atoms with van der Waals surface area (Å²) < 4.78 is 10.2. The smallest absolute Gasteiger partial charge is 0.308 e. The summed E-state index contributed by atoms with van der Waals surface area (Å²) in [6, 6.07) is 0. The van der Waals surface area contributed by atoms with Gasteiger partial charge in [-0.05, 0) is 6.42 Å². The Morgan fingerprint density at radius 3 is 1.79 bits per heavy atom. The molecule has 0 spiro atoms. The summed E-state index contributed by atoms with van der Waals surface area (Å²) >= 11 is 0. The molecule has 166 valence electrons. The van der Waals surface area contributed by atoms with E-state index >= 15 is 0 Å². The van der Waals surface area contributed by atoms with Crippen molar-refractivity contribution in [2.45, 2.75) is 121 Å². The average Bonchev–Trinajstić information content (AvgIpc) is 2.69. The molecular weight excluding hydrogens is 364 g/mol. The van der Waals surface area contributed by atoms with E-state index < -0.39 is 43.3 Å². The first-order valence-corrected chi connectivity index (χ1v) is 11.0. The Morgan fingerprint density at radius 2 is 1.29 bits per heavy atom. The maximum Gasteiger partial charge on any atom is 0.308 e. The molecule has 28 heavy (non-hydrogen) atoms. The van der Waals surface area contributed by atoms with Gasteiger partial charge in [-0.2, -0.15) is 0 Å². The fourth-order valence-electron chi connectivity index (χ4n) is 3.46. The van der Waals surface area contributed by atoms with E-state index in [1.807, 2.05) is 0 Å². The molecule has 1 rings (SSSR count). The van der Waals surface area contributed by atoms with Crippen LogP contribution in [0.3, 0.4) is 0 Å². The minimum absolute atomic E-state index is 0.215. The second-order valence-corrected chi connectivity index (χ2v) is 7.83. The molecule has 0 radical (unpaired) electrons. The van der Waals surface area contributed by atoms with Gasteiger partial charge in [-0.1, -0.05) is 77.6 Å². The Labute approximate surface area is 169 Å². The van der Waals surface area contributed by atoms with Crippen LogP contribution in [0.1, 0.15) is 90.4 Å². The molecule has 0 bridgehead atoms. The minimum Gasteiger partial charge on any atom is -0.433 e. The van der Waals surface area contributed by atoms with Crippen LogP contribution in [0.15, 0.2) is 0 Å². The number of carbonyl (C=O) groups excluding carboxylic acids is 1. The van der Waals surface area contributed by atoms with Gasteiger partial charge >= 0.3 is 5.97 Å². The molecule has 1 aliphatic heterocycles. The van der Waals surface area contributed by atoms with E-state index in [-0.39, 0.29) is 6.42 Å². The Kier molecular flexibility index (Phi) is 13.7. The molecule has 1 aliphatic rings. The van der Waals surface area contributed by atoms with Crippen LogP contribution >= 0.6 is 0 Å². The summed E-state index contributed by atoms with van der Waals surface area (Å²) in [7, 11) is 0. The highest BCUT2D eigenvalue weighted by Crippen LogP contribution is 2.22. The summed E-state index contributed by atoms with van der Waals surface area (Å²) in [6.45, 7) is 1.69. The summed E-state index contributed by atoms with van der Waals surface area (Å²) in [4.78, 5) is 11.9. The molecule has 7 heteroatoms. The first-order chi connectivity index (χ1) is 13.5. The van der Waals surface area contributed by atoms with Gasteiger partial charge in [-0.15, -0.1) is 0 Å². The molecule has 0 aromatic carbocycles. The van der Waals surface area contributed by atoms with Crippen LogP contribution in [0.2, 0.25) is 0 Å². The highest BCUT2D eigenvalue weighted by Gasteiger charge is 2.45. The van der Waals surface area contributed by atoms with Gasteiger partial charge < -0.3 is 29.9 Å². The topological polar surface area (TPSA) is 116 Å². The normalized spacial score (nSPS) is 27.7. The van der Waals surface area contributed by atoms with Gasteiger partial charge in [0.2, 0.25) is 6.29 Å². The third-order valence-electron chi connectivity index (χ3n) is 5.33. The minimum atomic E-state index is -1.54. The fraction of sp³-hybridized carbons (Fsp3) is 0.952. The van der Waals surface area contributed by atoms with Crippen molar-refractivity contribution in [2.24, 2.45) is 0 Å². The van der Waals surface area contributed by atoms with Crippen molar-refractivity contribution in [3.63, 3.8) is 0 Å². The van der Waals surface area contributed by atoms with E-state index in [2.05, 4.69) is 6.92 Å². The SMILES string of the molecule is CCCCCCCCCCCCCCC(=O)O[C@@H]1O[C@H](CO)[C@@H](O)[C@H](O)[C@H]1O. The highest BCUT2D eigenvalue weighted by atomic mass is 16.7. The lowest BCUT2D eigenvalue weighted by molar-refractivity contribution is -0.292. The van der Waals surface area contributed by atoms with E-state index in [4.69, 9.17) is 14.6 Å². The molecular formula is C21H40O7. The maximum atomic E-state index is 11.9. The lowest BCUT2D eigenvalue weighted by Crippen LogP contribution is -2.59. The third-order valence-corrected chi connectivity index (χ3v) is 5.33. The molecule has 4 N–H and O–H groups in total. The van der Waals surface area contributed by atoms with Crippen molar-refractivity contribution < 1.29 is 34.7 Å². The van der Waals surface area contributed by atoms with E-state index in [1.165, 1.54) is 57.8 Å². The van der Waals surface area contributed by atoms with E-state index in [9.17, 15) is 20.1 Å². The lowest BCUT2D eigenvalue weighted by atomic mass is 9.99. The van der Waals surface area contributed by atoms with Crippen molar-refractivity contribution in [1.82, 2.24) is 0 Å². The molecule has 5 atom stereocenters. The van der Waals surface area contributed by atoms with Gasteiger partial charge in [0.05, 0.1) is 6.61 Å². The van der Waals surface area contributed by atoms with Gasteiger partial charge in [-0.3, -0.25) is 4.79 Å². The number of unbranched alkanes of at least 4 members (excludes halogenated alkanes) is 11. The Balaban J connectivity index is 2.03. The predicted octanol–water partition coefficient (Wildman–Crippen LogP) is 2.42. The number of esters is 1. The quantitative estimate of drug-likeness (QED) is 0.245. The molecule has 7 nitrogen and oxygen atoms in total. The Morgan fingerprint density at radius 1 is 0.786 bits per heavy atom. The van der Waals surface area contributed by atoms with Crippen LogP contribution in [0.4, 0.5) is 0 Å². The summed E-state index contributed by atoms with van der Waals surface area (Å²) in [5.74, 6) is -0.517. The van der Waals surface area contributed by atoms with Crippen molar-refractivity contribution in [3.8, 4) is 0 Å². The summed E-state index contributed by atoms with van der Waals surface area (Å²) in [6.07, 6.45) is 7.68. The van der Waals surface area contributed by atoms with Crippen LogP contribution in [0.5, 0.6) is 0 Å². The summed E-state index contributed by atoms with van der Waals surface area (Å²) in [5, 5.41) is 38.4. The zero-order chi connectivity index (χ0) is 20.8. The van der Waals surface area contributed by atoms with Gasteiger partial charge in [0.15, 0.2) is 0 Å². The first-order valence-electron chi connectivity index (χ1n) is 11.0. The average molecular weight is 405 g/mol. The van der Waals surface area contributed by atoms with E-state index in [1.54, 1.807) is 0 Å². The molecule has 0 saturated carbocycles. The molecule has 0 unspecified atom stereocenters. The van der Waals surface area contributed by atoms with Crippen molar-refractivity contribution in [3.05, 3.63) is 0 Å². The molecule has 1 saturated heterocycles. The van der Waals surface area contributed by atoms with Gasteiger partial charge in [0.25, 0.3) is 0 Å². The number of hydrogen-bond donors (Lipinski definition) is 4. The van der Waals surface area contributed by atoms with Crippen molar-refractivity contribution >= 4 is 5.97 Å². The molecule has 1 fully saturated rings. The molecule has 1 heterocycles. The van der Waals surface area contributed by atoms with Crippen LogP contribution in [0.25, 0.3) is 0 Å². The van der Waals surface area contributed by atoms with E-state index in [0.717, 1.165) is 12.8 Å². The lowest BCUT2D eigenvalue weighted by Gasteiger charge is -2.39. The van der Waals surface area contributed by atoms with Gasteiger partial charge in [0.1, 0.15) is 24.4 Å². The zero-order valence-electron chi connectivity index (χ0n) is 17.3. The third kappa shape index (κ3) is 9.65. The van der Waals surface area contributed by atoms with Gasteiger partial charge in [0, 0.05) is 6.42 Å². The predicted molar refractivity (Wildman–Crippen MR) is 106 cm³/mol. The van der Waals surface area contributed by atoms with Crippen molar-refractivity contribution in [1.29, 1.82) is 0 Å². The van der Waals surface area contributed by atoms with Gasteiger partial charge in [-0.25, -0.2) is 0 Å². The Bertz CT molecular complexity index is 402. The number of rotatable bonds is 15. The molecule has 0 aliphatic carbocycles. The molecule has 0 amide bonds. The monoisotopic (exact) mass is 404 g/mol. The summed E-state index contributed by atoms with van der Waals surface area (Å²) in [5.41, 5.74) is 0. The molecule has 0 aromatic heterocycles. The highest BCUT2D eigenvalue weighted by molar-refractivity contribution is 5.69. The zero-order valence-corrected chi connectivity index (χ0v) is 17.3. The molecule has 0 aromatic rings. The number of aliphatic hydroxyl groups excluding tert-OH is 4.